The number of thioether (sulfide) groups is 1. The van der Waals surface area contributed by atoms with E-state index in [0.29, 0.717) is 23.3 Å². The second-order valence-corrected chi connectivity index (χ2v) is 9.24. The van der Waals surface area contributed by atoms with E-state index in [9.17, 15) is 4.79 Å². The van der Waals surface area contributed by atoms with E-state index >= 15 is 0 Å². The van der Waals surface area contributed by atoms with E-state index in [1.54, 1.807) is 0 Å². The van der Waals surface area contributed by atoms with Gasteiger partial charge in [0.15, 0.2) is 10.3 Å². The summed E-state index contributed by atoms with van der Waals surface area (Å²) in [5.41, 5.74) is 11.1. The first-order valence-corrected chi connectivity index (χ1v) is 12.0. The van der Waals surface area contributed by atoms with Crippen LogP contribution in [0.25, 0.3) is 5.69 Å². The van der Waals surface area contributed by atoms with E-state index < -0.39 is 0 Å². The molecule has 0 aliphatic rings. The van der Waals surface area contributed by atoms with Crippen molar-refractivity contribution in [1.82, 2.24) is 25.1 Å². The molecule has 0 saturated carbocycles. The Morgan fingerprint density at radius 2 is 1.94 bits per heavy atom. The third-order valence-electron chi connectivity index (χ3n) is 5.02. The number of benzene rings is 2. The highest BCUT2D eigenvalue weighted by molar-refractivity contribution is 7.99. The molecule has 0 fully saturated rings. The van der Waals surface area contributed by atoms with Crippen molar-refractivity contribution in [2.75, 3.05) is 11.5 Å². The van der Waals surface area contributed by atoms with Crippen LogP contribution in [0, 0.1) is 13.8 Å². The first kappa shape index (κ1) is 22.0. The number of nitrogens with zero attached hydrogens (tertiary/aromatic N) is 4. The molecule has 4 rings (SSSR count). The summed E-state index contributed by atoms with van der Waals surface area (Å²) >= 11 is 2.76. The number of carbonyl (C=O) groups is 1. The van der Waals surface area contributed by atoms with Gasteiger partial charge in [0.2, 0.25) is 5.91 Å². The zero-order valence-electron chi connectivity index (χ0n) is 17.9. The second-order valence-electron chi connectivity index (χ2n) is 7.41. The number of nitrogens with two attached hydrogens (primary N) is 1. The molecule has 1 amide bonds. The van der Waals surface area contributed by atoms with Crippen LogP contribution in [0.2, 0.25) is 0 Å². The molecular weight excluding hydrogens is 440 g/mol. The van der Waals surface area contributed by atoms with E-state index in [1.165, 1.54) is 34.2 Å². The number of carbonyl (C=O) groups excluding carboxylic acids is 1. The highest BCUT2D eigenvalue weighted by Crippen LogP contribution is 2.24. The smallest absolute Gasteiger partial charge is 0.230 e. The normalized spacial score (nSPS) is 10.9. The van der Waals surface area contributed by atoms with Crippen LogP contribution in [0.15, 0.2) is 59.1 Å². The molecule has 7 nitrogen and oxygen atoms in total. The minimum Gasteiger partial charge on any atom is -0.375 e. The summed E-state index contributed by atoms with van der Waals surface area (Å²) in [6, 6.07) is 16.1. The topological polar surface area (TPSA) is 98.7 Å². The van der Waals surface area contributed by atoms with Crippen LogP contribution < -0.4 is 11.1 Å². The number of aromatic nitrogens is 4. The summed E-state index contributed by atoms with van der Waals surface area (Å²) in [4.78, 5) is 16.8. The van der Waals surface area contributed by atoms with Crippen LogP contribution in [-0.2, 0) is 17.8 Å². The van der Waals surface area contributed by atoms with Gasteiger partial charge in [-0.15, -0.1) is 21.5 Å². The van der Waals surface area contributed by atoms with E-state index in [2.05, 4.69) is 46.5 Å². The molecule has 2 aromatic heterocycles. The monoisotopic (exact) mass is 464 g/mol. The minimum absolute atomic E-state index is 0.0512. The predicted molar refractivity (Wildman–Crippen MR) is 129 cm³/mol. The molecule has 32 heavy (non-hydrogen) atoms. The van der Waals surface area contributed by atoms with Crippen molar-refractivity contribution in [3.8, 4) is 5.69 Å². The molecule has 2 aromatic carbocycles. The fourth-order valence-electron chi connectivity index (χ4n) is 3.21. The summed E-state index contributed by atoms with van der Waals surface area (Å²) in [6.45, 7) is 4.65. The third-order valence-corrected chi connectivity index (χ3v) is 6.67. The van der Waals surface area contributed by atoms with E-state index in [0.717, 1.165) is 22.8 Å². The van der Waals surface area contributed by atoms with Crippen LogP contribution in [0.3, 0.4) is 0 Å². The van der Waals surface area contributed by atoms with Crippen LogP contribution in [-0.4, -0.2) is 31.4 Å². The number of rotatable bonds is 8. The Hall–Kier alpha value is -3.17. The van der Waals surface area contributed by atoms with Gasteiger partial charge in [-0.2, -0.15) is 0 Å². The number of anilines is 1. The molecule has 0 unspecified atom stereocenters. The van der Waals surface area contributed by atoms with Crippen molar-refractivity contribution >= 4 is 34.1 Å². The lowest BCUT2D eigenvalue weighted by atomic mass is 10.1. The second kappa shape index (κ2) is 9.97. The molecule has 0 aliphatic carbocycles. The zero-order valence-corrected chi connectivity index (χ0v) is 19.5. The number of aryl methyl sites for hydroxylation is 2. The number of amides is 1. The number of para-hydroxylation sites is 1. The number of thiazole rings is 1. The maximum Gasteiger partial charge on any atom is 0.230 e. The number of hydrogen-bond acceptors (Lipinski definition) is 7. The summed E-state index contributed by atoms with van der Waals surface area (Å²) in [5.74, 6) is 0.948. The highest BCUT2D eigenvalue weighted by atomic mass is 32.2. The van der Waals surface area contributed by atoms with Crippen molar-refractivity contribution in [2.24, 2.45) is 0 Å². The first-order chi connectivity index (χ1) is 15.5. The summed E-state index contributed by atoms with van der Waals surface area (Å²) < 4.78 is 1.97. The summed E-state index contributed by atoms with van der Waals surface area (Å²) in [5, 5.41) is 14.8. The van der Waals surface area contributed by atoms with Crippen molar-refractivity contribution in [1.29, 1.82) is 0 Å². The van der Waals surface area contributed by atoms with Crippen LogP contribution >= 0.6 is 23.1 Å². The molecule has 3 N–H and O–H groups in total. The lowest BCUT2D eigenvalue weighted by molar-refractivity contribution is -0.118. The zero-order chi connectivity index (χ0) is 22.5. The van der Waals surface area contributed by atoms with Gasteiger partial charge in [0, 0.05) is 17.6 Å². The predicted octanol–water partition coefficient (Wildman–Crippen LogP) is 3.92. The van der Waals surface area contributed by atoms with Crippen molar-refractivity contribution in [3.05, 3.63) is 82.1 Å². The van der Waals surface area contributed by atoms with Gasteiger partial charge in [-0.25, -0.2) is 4.98 Å². The van der Waals surface area contributed by atoms with Crippen LogP contribution in [0.5, 0.6) is 0 Å². The van der Waals surface area contributed by atoms with Crippen LogP contribution in [0.1, 0.15) is 28.2 Å². The van der Waals surface area contributed by atoms with Gasteiger partial charge in [-0.05, 0) is 42.7 Å². The fourth-order valence-corrected chi connectivity index (χ4v) is 4.57. The molecular formula is C23H24N6OS2. The van der Waals surface area contributed by atoms with E-state index in [-0.39, 0.29) is 11.7 Å². The van der Waals surface area contributed by atoms with E-state index in [1.807, 2.05) is 46.3 Å². The highest BCUT2D eigenvalue weighted by Gasteiger charge is 2.17. The first-order valence-electron chi connectivity index (χ1n) is 10.1. The fraction of sp³-hybridized carbons (Fsp3) is 0.217. The molecule has 2 heterocycles. The molecule has 164 valence electrons. The van der Waals surface area contributed by atoms with Gasteiger partial charge in [0.25, 0.3) is 0 Å². The molecule has 9 heteroatoms. The molecule has 0 saturated heterocycles. The third kappa shape index (κ3) is 5.35. The quantitative estimate of drug-likeness (QED) is 0.384. The molecule has 0 aliphatic heterocycles. The van der Waals surface area contributed by atoms with Gasteiger partial charge >= 0.3 is 0 Å². The summed E-state index contributed by atoms with van der Waals surface area (Å²) in [7, 11) is 0. The number of nitrogen functional groups attached to an aromatic ring is 1. The van der Waals surface area contributed by atoms with Gasteiger partial charge in [0.1, 0.15) is 5.82 Å². The molecule has 0 radical (unpaired) electrons. The van der Waals surface area contributed by atoms with Crippen molar-refractivity contribution in [3.63, 3.8) is 0 Å². The summed E-state index contributed by atoms with van der Waals surface area (Å²) in [6.07, 6.45) is 0.509. The maximum absolute atomic E-state index is 12.5. The standard InChI is InChI=1S/C23H24N6OS2/c1-15-8-9-17(10-16(15)2)12-25-21(30)14-32-23-28-27-20(11-18-13-31-22(24)26-18)29(23)19-6-4-3-5-7-19/h3-10,13H,11-12,14H2,1-2H3,(H2,24,26)(H,25,30). The van der Waals surface area contributed by atoms with Crippen molar-refractivity contribution < 1.29 is 4.79 Å². The number of nitrogens with one attached hydrogen (secondary N) is 1. The van der Waals surface area contributed by atoms with Gasteiger partial charge in [-0.1, -0.05) is 48.2 Å². The van der Waals surface area contributed by atoms with Gasteiger partial charge in [-0.3, -0.25) is 9.36 Å². The largest absolute Gasteiger partial charge is 0.375 e. The average molecular weight is 465 g/mol. The van der Waals surface area contributed by atoms with Crippen molar-refractivity contribution in [2.45, 2.75) is 32.0 Å². The SMILES string of the molecule is Cc1ccc(CNC(=O)CSc2nnc(Cc3csc(N)n3)n2-c2ccccc2)cc1C. The Labute approximate surface area is 195 Å². The lowest BCUT2D eigenvalue weighted by Gasteiger charge is -2.10. The Morgan fingerprint density at radius 1 is 1.12 bits per heavy atom. The Balaban J connectivity index is 1.45. The Bertz CT molecular complexity index is 1220. The molecule has 0 atom stereocenters. The Morgan fingerprint density at radius 3 is 2.66 bits per heavy atom. The van der Waals surface area contributed by atoms with E-state index in [4.69, 9.17) is 5.73 Å². The van der Waals surface area contributed by atoms with Gasteiger partial charge < -0.3 is 11.1 Å². The number of hydrogen-bond donors (Lipinski definition) is 2. The molecule has 4 aromatic rings. The molecule has 0 bridgehead atoms. The van der Waals surface area contributed by atoms with Gasteiger partial charge in [0.05, 0.1) is 17.9 Å². The maximum atomic E-state index is 12.5. The van der Waals surface area contributed by atoms with Crippen LogP contribution in [0.4, 0.5) is 5.13 Å². The average Bonchev–Trinajstić information content (AvgIpc) is 3.39. The molecule has 0 spiro atoms. The minimum atomic E-state index is -0.0512. The lowest BCUT2D eigenvalue weighted by Crippen LogP contribution is -2.24. The Kier molecular flexibility index (Phi) is 6.87.